The summed E-state index contributed by atoms with van der Waals surface area (Å²) in [4.78, 5) is 2.25. The van der Waals surface area contributed by atoms with Crippen LogP contribution in [0.3, 0.4) is 0 Å². The van der Waals surface area contributed by atoms with Crippen LogP contribution in [0.5, 0.6) is 11.5 Å². The van der Waals surface area contributed by atoms with Gasteiger partial charge in [-0.1, -0.05) is 11.6 Å². The second-order valence-electron chi connectivity index (χ2n) is 5.76. The van der Waals surface area contributed by atoms with Crippen LogP contribution in [0.15, 0.2) is 29.8 Å². The lowest BCUT2D eigenvalue weighted by Gasteiger charge is -2.16. The third-order valence-electron chi connectivity index (χ3n) is 3.61. The number of β-amino-alcohol motifs (C(OH)–C–C–N with tert-alkyl or cyclic N) is 1. The molecule has 4 nitrogen and oxygen atoms in total. The van der Waals surface area contributed by atoms with Crippen LogP contribution in [0.1, 0.15) is 25.8 Å². The molecule has 116 valence electrons. The summed E-state index contributed by atoms with van der Waals surface area (Å²) in [5, 5.41) is 9.57. The number of aliphatic hydroxyl groups is 1. The third-order valence-corrected chi connectivity index (χ3v) is 3.61. The number of hydrogen-bond acceptors (Lipinski definition) is 4. The van der Waals surface area contributed by atoms with Crippen LogP contribution in [0.2, 0.25) is 0 Å². The number of methoxy groups -OCH3 is 1. The monoisotopic (exact) mass is 291 g/mol. The van der Waals surface area contributed by atoms with Gasteiger partial charge in [0, 0.05) is 19.6 Å². The molecular formula is C17H25NO3. The van der Waals surface area contributed by atoms with Gasteiger partial charge in [0.25, 0.3) is 0 Å². The average Bonchev–Trinajstić information content (AvgIpc) is 2.85. The molecule has 1 aromatic rings. The molecular weight excluding hydrogens is 266 g/mol. The Morgan fingerprint density at radius 1 is 1.38 bits per heavy atom. The predicted octanol–water partition coefficient (Wildman–Crippen LogP) is 2.61. The fourth-order valence-electron chi connectivity index (χ4n) is 2.44. The molecule has 2 rings (SSSR count). The van der Waals surface area contributed by atoms with Gasteiger partial charge in [0.05, 0.1) is 13.2 Å². The Kier molecular flexibility index (Phi) is 5.65. The summed E-state index contributed by atoms with van der Waals surface area (Å²) >= 11 is 0. The molecule has 1 fully saturated rings. The normalized spacial score (nSPS) is 18.6. The fraction of sp³-hybridized carbons (Fsp3) is 0.529. The first kappa shape index (κ1) is 15.9. The maximum Gasteiger partial charge on any atom is 0.161 e. The lowest BCUT2D eigenvalue weighted by Crippen LogP contribution is -2.21. The molecule has 0 aromatic heterocycles. The molecule has 0 aliphatic carbocycles. The zero-order valence-corrected chi connectivity index (χ0v) is 13.1. The standard InChI is InChI=1S/C17H25NO3/c1-13(2)7-9-21-16-5-4-14(10-17(16)20-3)11-18-8-6-15(19)12-18/h4-5,7,10,15,19H,6,8-9,11-12H2,1-3H3/t15-/m1/s1. The lowest BCUT2D eigenvalue weighted by molar-refractivity contribution is 0.174. The highest BCUT2D eigenvalue weighted by molar-refractivity contribution is 5.43. The van der Waals surface area contributed by atoms with E-state index in [9.17, 15) is 5.11 Å². The van der Waals surface area contributed by atoms with Gasteiger partial charge in [0.15, 0.2) is 11.5 Å². The van der Waals surface area contributed by atoms with E-state index in [-0.39, 0.29) is 6.10 Å². The molecule has 1 atom stereocenters. The highest BCUT2D eigenvalue weighted by Gasteiger charge is 2.20. The number of likely N-dealkylation sites (tertiary alicyclic amines) is 1. The van der Waals surface area contributed by atoms with E-state index >= 15 is 0 Å². The predicted molar refractivity (Wildman–Crippen MR) is 83.8 cm³/mol. The highest BCUT2D eigenvalue weighted by atomic mass is 16.5. The van der Waals surface area contributed by atoms with Gasteiger partial charge in [-0.3, -0.25) is 4.90 Å². The van der Waals surface area contributed by atoms with Crippen molar-refractivity contribution >= 4 is 0 Å². The zero-order valence-electron chi connectivity index (χ0n) is 13.1. The molecule has 0 spiro atoms. The minimum Gasteiger partial charge on any atom is -0.493 e. The van der Waals surface area contributed by atoms with Crippen LogP contribution in [-0.4, -0.2) is 42.9 Å². The molecule has 1 heterocycles. The van der Waals surface area contributed by atoms with Crippen molar-refractivity contribution in [2.24, 2.45) is 0 Å². The average molecular weight is 291 g/mol. The Morgan fingerprint density at radius 3 is 2.81 bits per heavy atom. The Labute approximate surface area is 127 Å². The highest BCUT2D eigenvalue weighted by Crippen LogP contribution is 2.29. The van der Waals surface area contributed by atoms with E-state index in [1.807, 2.05) is 32.1 Å². The second-order valence-corrected chi connectivity index (χ2v) is 5.76. The van der Waals surface area contributed by atoms with E-state index in [1.165, 1.54) is 11.1 Å². The quantitative estimate of drug-likeness (QED) is 0.818. The molecule has 1 aromatic carbocycles. The summed E-state index contributed by atoms with van der Waals surface area (Å²) in [5.74, 6) is 1.52. The van der Waals surface area contributed by atoms with Gasteiger partial charge < -0.3 is 14.6 Å². The van der Waals surface area contributed by atoms with E-state index in [0.717, 1.165) is 37.6 Å². The van der Waals surface area contributed by atoms with Crippen molar-refractivity contribution < 1.29 is 14.6 Å². The number of ether oxygens (including phenoxy) is 2. The molecule has 0 saturated carbocycles. The van der Waals surface area contributed by atoms with Gasteiger partial charge in [-0.2, -0.15) is 0 Å². The van der Waals surface area contributed by atoms with E-state index < -0.39 is 0 Å². The number of allylic oxidation sites excluding steroid dienone is 1. The third kappa shape index (κ3) is 4.76. The first-order valence-electron chi connectivity index (χ1n) is 7.42. The molecule has 1 N–H and O–H groups in total. The molecule has 1 aliphatic rings. The Hall–Kier alpha value is -1.52. The van der Waals surface area contributed by atoms with Crippen molar-refractivity contribution in [3.63, 3.8) is 0 Å². The van der Waals surface area contributed by atoms with E-state index in [4.69, 9.17) is 9.47 Å². The second kappa shape index (κ2) is 7.48. The molecule has 0 bridgehead atoms. The van der Waals surface area contributed by atoms with Crippen LogP contribution in [-0.2, 0) is 6.54 Å². The summed E-state index contributed by atoms with van der Waals surface area (Å²) in [6.45, 7) is 7.18. The molecule has 0 amide bonds. The smallest absolute Gasteiger partial charge is 0.161 e. The van der Waals surface area contributed by atoms with Gasteiger partial charge in [-0.25, -0.2) is 0 Å². The topological polar surface area (TPSA) is 41.9 Å². The summed E-state index contributed by atoms with van der Waals surface area (Å²) in [5.41, 5.74) is 2.41. The summed E-state index contributed by atoms with van der Waals surface area (Å²) in [7, 11) is 1.66. The van der Waals surface area contributed by atoms with Gasteiger partial charge >= 0.3 is 0 Å². The fourth-order valence-corrected chi connectivity index (χ4v) is 2.44. The number of nitrogens with zero attached hydrogens (tertiary/aromatic N) is 1. The minimum absolute atomic E-state index is 0.182. The molecule has 4 heteroatoms. The van der Waals surface area contributed by atoms with E-state index in [0.29, 0.717) is 6.61 Å². The molecule has 1 aliphatic heterocycles. The summed E-state index contributed by atoms with van der Waals surface area (Å²) in [6, 6.07) is 6.03. The van der Waals surface area contributed by atoms with Gasteiger partial charge in [-0.05, 0) is 44.0 Å². The number of rotatable bonds is 6. The van der Waals surface area contributed by atoms with Crippen LogP contribution >= 0.6 is 0 Å². The van der Waals surface area contributed by atoms with E-state index in [1.54, 1.807) is 7.11 Å². The minimum atomic E-state index is -0.182. The number of aliphatic hydroxyl groups excluding tert-OH is 1. The van der Waals surface area contributed by atoms with Gasteiger partial charge in [0.2, 0.25) is 0 Å². The van der Waals surface area contributed by atoms with Crippen molar-refractivity contribution in [2.45, 2.75) is 32.9 Å². The zero-order chi connectivity index (χ0) is 15.2. The van der Waals surface area contributed by atoms with Gasteiger partial charge in [-0.15, -0.1) is 0 Å². The van der Waals surface area contributed by atoms with E-state index in [2.05, 4.69) is 11.0 Å². The molecule has 21 heavy (non-hydrogen) atoms. The maximum absolute atomic E-state index is 9.57. The van der Waals surface area contributed by atoms with Crippen molar-refractivity contribution in [1.29, 1.82) is 0 Å². The van der Waals surface area contributed by atoms with Gasteiger partial charge in [0.1, 0.15) is 6.61 Å². The van der Waals surface area contributed by atoms with Crippen LogP contribution < -0.4 is 9.47 Å². The maximum atomic E-state index is 9.57. The molecule has 0 unspecified atom stereocenters. The van der Waals surface area contributed by atoms with Crippen molar-refractivity contribution in [3.8, 4) is 11.5 Å². The Balaban J connectivity index is 2.00. The molecule has 1 saturated heterocycles. The lowest BCUT2D eigenvalue weighted by atomic mass is 10.2. The van der Waals surface area contributed by atoms with Crippen molar-refractivity contribution in [3.05, 3.63) is 35.4 Å². The summed E-state index contributed by atoms with van der Waals surface area (Å²) < 4.78 is 11.1. The number of hydrogen-bond donors (Lipinski definition) is 1. The first-order valence-corrected chi connectivity index (χ1v) is 7.42. The number of benzene rings is 1. The van der Waals surface area contributed by atoms with Crippen LogP contribution in [0.4, 0.5) is 0 Å². The summed E-state index contributed by atoms with van der Waals surface area (Å²) in [6.07, 6.45) is 2.72. The van der Waals surface area contributed by atoms with Crippen molar-refractivity contribution in [2.75, 3.05) is 26.8 Å². The Bertz CT molecular complexity index is 495. The SMILES string of the molecule is COc1cc(CN2CC[C@@H](O)C2)ccc1OCC=C(C)C. The largest absolute Gasteiger partial charge is 0.493 e. The molecule has 0 radical (unpaired) electrons. The van der Waals surface area contributed by atoms with Crippen LogP contribution in [0, 0.1) is 0 Å². The van der Waals surface area contributed by atoms with Crippen molar-refractivity contribution in [1.82, 2.24) is 4.90 Å². The Morgan fingerprint density at radius 2 is 2.19 bits per heavy atom. The first-order chi connectivity index (χ1) is 10.1. The van der Waals surface area contributed by atoms with Crippen LogP contribution in [0.25, 0.3) is 0 Å².